The van der Waals surface area contributed by atoms with Gasteiger partial charge in [-0.25, -0.2) is 4.79 Å². The van der Waals surface area contributed by atoms with Crippen molar-refractivity contribution in [2.24, 2.45) is 0 Å². The molecule has 1 unspecified atom stereocenters. The average molecular weight is 337 g/mol. The van der Waals surface area contributed by atoms with Crippen molar-refractivity contribution < 1.29 is 14.3 Å². The number of carbonyl (C=O) groups is 2. The van der Waals surface area contributed by atoms with Gasteiger partial charge in [0.15, 0.2) is 6.10 Å². The Kier molecular flexibility index (Phi) is 4.62. The Morgan fingerprint density at radius 3 is 2.56 bits per heavy atom. The van der Waals surface area contributed by atoms with Crippen LogP contribution in [0, 0.1) is 13.8 Å². The maximum atomic E-state index is 12.5. The second-order valence-corrected chi connectivity index (χ2v) is 6.96. The van der Waals surface area contributed by atoms with Gasteiger partial charge in [0, 0.05) is 12.1 Å². The third kappa shape index (κ3) is 3.58. The highest BCUT2D eigenvalue weighted by atomic mass is 16.5. The summed E-state index contributed by atoms with van der Waals surface area (Å²) in [6.07, 6.45) is -0.401. The molecule has 1 atom stereocenters. The fraction of sp³-hybridized carbons (Fsp3) is 0.333. The molecule has 4 nitrogen and oxygen atoms in total. The van der Waals surface area contributed by atoms with Gasteiger partial charge in [-0.1, -0.05) is 32.0 Å². The molecule has 1 aliphatic rings. The van der Waals surface area contributed by atoms with E-state index in [4.69, 9.17) is 4.74 Å². The number of fused-ring (bicyclic) bond motifs is 1. The Labute approximate surface area is 148 Å². The maximum Gasteiger partial charge on any atom is 0.339 e. The number of benzene rings is 2. The predicted molar refractivity (Wildman–Crippen MR) is 98.0 cm³/mol. The molecule has 1 N–H and O–H groups in total. The molecule has 0 saturated heterocycles. The minimum Gasteiger partial charge on any atom is -0.448 e. The SMILES string of the molecule is Cc1ccc(NC(=O)C2Cc3cc(C(C)C)ccc3C(=O)O2)cc1C. The molecule has 0 aliphatic carbocycles. The van der Waals surface area contributed by atoms with E-state index in [-0.39, 0.29) is 5.91 Å². The number of carbonyl (C=O) groups excluding carboxylic acids is 2. The van der Waals surface area contributed by atoms with Crippen molar-refractivity contribution in [3.8, 4) is 0 Å². The van der Waals surface area contributed by atoms with Crippen molar-refractivity contribution in [2.75, 3.05) is 5.32 Å². The van der Waals surface area contributed by atoms with Crippen LogP contribution in [0.3, 0.4) is 0 Å². The van der Waals surface area contributed by atoms with Gasteiger partial charge in [-0.15, -0.1) is 0 Å². The lowest BCUT2D eigenvalue weighted by Gasteiger charge is -2.25. The molecule has 0 spiro atoms. The molecule has 0 fully saturated rings. The van der Waals surface area contributed by atoms with Gasteiger partial charge >= 0.3 is 5.97 Å². The largest absolute Gasteiger partial charge is 0.448 e. The Hall–Kier alpha value is -2.62. The fourth-order valence-corrected chi connectivity index (χ4v) is 2.96. The molecule has 0 aromatic heterocycles. The fourth-order valence-electron chi connectivity index (χ4n) is 2.96. The third-order valence-corrected chi connectivity index (χ3v) is 4.74. The first-order valence-corrected chi connectivity index (χ1v) is 8.57. The van der Waals surface area contributed by atoms with E-state index in [1.165, 1.54) is 0 Å². The highest BCUT2D eigenvalue weighted by Gasteiger charge is 2.31. The zero-order valence-electron chi connectivity index (χ0n) is 15.1. The topological polar surface area (TPSA) is 55.4 Å². The Morgan fingerprint density at radius 1 is 1.12 bits per heavy atom. The second-order valence-electron chi connectivity index (χ2n) is 6.96. The second kappa shape index (κ2) is 6.71. The molecule has 0 saturated carbocycles. The van der Waals surface area contributed by atoms with Gasteiger partial charge in [0.05, 0.1) is 5.56 Å². The molecule has 1 amide bonds. The lowest BCUT2D eigenvalue weighted by atomic mass is 9.92. The summed E-state index contributed by atoms with van der Waals surface area (Å²) in [5, 5.41) is 2.85. The maximum absolute atomic E-state index is 12.5. The minimum absolute atomic E-state index is 0.294. The first-order chi connectivity index (χ1) is 11.8. The van der Waals surface area contributed by atoms with Crippen LogP contribution in [0.4, 0.5) is 5.69 Å². The smallest absolute Gasteiger partial charge is 0.339 e. The number of cyclic esters (lactones) is 1. The number of esters is 1. The summed E-state index contributed by atoms with van der Waals surface area (Å²) < 4.78 is 5.35. The van der Waals surface area contributed by atoms with Crippen LogP contribution >= 0.6 is 0 Å². The molecule has 2 aromatic rings. The summed E-state index contributed by atoms with van der Waals surface area (Å²) in [5.74, 6) is -0.361. The molecule has 3 rings (SSSR count). The van der Waals surface area contributed by atoms with Crippen molar-refractivity contribution in [2.45, 2.75) is 46.1 Å². The number of anilines is 1. The number of ether oxygens (including phenoxy) is 1. The highest BCUT2D eigenvalue weighted by molar-refractivity contribution is 6.00. The van der Waals surface area contributed by atoms with Crippen molar-refractivity contribution >= 4 is 17.6 Å². The van der Waals surface area contributed by atoms with Gasteiger partial charge in [0.25, 0.3) is 5.91 Å². The van der Waals surface area contributed by atoms with Gasteiger partial charge in [-0.3, -0.25) is 4.79 Å². The quantitative estimate of drug-likeness (QED) is 0.856. The van der Waals surface area contributed by atoms with E-state index in [0.717, 1.165) is 22.3 Å². The Bertz CT molecular complexity index is 839. The molecule has 1 aliphatic heterocycles. The molecule has 0 radical (unpaired) electrons. The summed E-state index contributed by atoms with van der Waals surface area (Å²) in [5.41, 5.74) is 5.57. The minimum atomic E-state index is -0.802. The normalized spacial score (nSPS) is 16.4. The third-order valence-electron chi connectivity index (χ3n) is 4.74. The van der Waals surface area contributed by atoms with Crippen LogP contribution in [0.25, 0.3) is 0 Å². The van der Waals surface area contributed by atoms with Crippen LogP contribution in [0.2, 0.25) is 0 Å². The summed E-state index contributed by atoms with van der Waals surface area (Å²) in [6, 6.07) is 11.5. The van der Waals surface area contributed by atoms with Crippen molar-refractivity contribution in [1.29, 1.82) is 0 Å². The Morgan fingerprint density at radius 2 is 1.88 bits per heavy atom. The molecule has 2 aromatic carbocycles. The molecule has 130 valence electrons. The lowest BCUT2D eigenvalue weighted by Crippen LogP contribution is -2.38. The van der Waals surface area contributed by atoms with Gasteiger partial charge in [0.2, 0.25) is 0 Å². The lowest BCUT2D eigenvalue weighted by molar-refractivity contribution is -0.125. The van der Waals surface area contributed by atoms with E-state index >= 15 is 0 Å². The molecule has 0 bridgehead atoms. The van der Waals surface area contributed by atoms with Crippen LogP contribution < -0.4 is 5.32 Å². The predicted octanol–water partition coefficient (Wildman–Crippen LogP) is 4.15. The number of aryl methyl sites for hydroxylation is 2. The van der Waals surface area contributed by atoms with Crippen LogP contribution in [0.5, 0.6) is 0 Å². The molecular weight excluding hydrogens is 314 g/mol. The number of nitrogens with one attached hydrogen (secondary N) is 1. The first-order valence-electron chi connectivity index (χ1n) is 8.57. The Balaban J connectivity index is 1.79. The van der Waals surface area contributed by atoms with Crippen LogP contribution in [0.15, 0.2) is 36.4 Å². The van der Waals surface area contributed by atoms with Crippen molar-refractivity contribution in [3.05, 3.63) is 64.2 Å². The summed E-state index contributed by atoms with van der Waals surface area (Å²) in [4.78, 5) is 24.8. The zero-order valence-corrected chi connectivity index (χ0v) is 15.1. The van der Waals surface area contributed by atoms with E-state index < -0.39 is 12.1 Å². The monoisotopic (exact) mass is 337 g/mol. The molecule has 1 heterocycles. The molecular formula is C21H23NO3. The highest BCUT2D eigenvalue weighted by Crippen LogP contribution is 2.26. The summed E-state index contributed by atoms with van der Waals surface area (Å²) >= 11 is 0. The standard InChI is InChI=1S/C21H23NO3/c1-12(2)15-6-8-18-16(10-15)11-19(25-21(18)24)20(23)22-17-7-5-13(3)14(4)9-17/h5-10,12,19H,11H2,1-4H3,(H,22,23). The zero-order chi connectivity index (χ0) is 18.1. The van der Waals surface area contributed by atoms with Crippen LogP contribution in [-0.2, 0) is 16.0 Å². The molecule has 25 heavy (non-hydrogen) atoms. The molecule has 4 heteroatoms. The van der Waals surface area contributed by atoms with E-state index in [2.05, 4.69) is 19.2 Å². The van der Waals surface area contributed by atoms with Gasteiger partial charge in [-0.2, -0.15) is 0 Å². The van der Waals surface area contributed by atoms with Crippen LogP contribution in [-0.4, -0.2) is 18.0 Å². The average Bonchev–Trinajstić information content (AvgIpc) is 2.57. The summed E-state index contributed by atoms with van der Waals surface area (Å²) in [6.45, 7) is 8.22. The van der Waals surface area contributed by atoms with E-state index in [1.807, 2.05) is 44.2 Å². The van der Waals surface area contributed by atoms with E-state index in [1.54, 1.807) is 6.07 Å². The van der Waals surface area contributed by atoms with Gasteiger partial charge < -0.3 is 10.1 Å². The number of hydrogen-bond donors (Lipinski definition) is 1. The van der Waals surface area contributed by atoms with E-state index in [0.29, 0.717) is 23.6 Å². The number of hydrogen-bond acceptors (Lipinski definition) is 3. The first kappa shape index (κ1) is 17.2. The van der Waals surface area contributed by atoms with E-state index in [9.17, 15) is 9.59 Å². The van der Waals surface area contributed by atoms with Crippen molar-refractivity contribution in [1.82, 2.24) is 0 Å². The summed E-state index contributed by atoms with van der Waals surface area (Å²) in [7, 11) is 0. The van der Waals surface area contributed by atoms with Gasteiger partial charge in [-0.05, 0) is 60.2 Å². The van der Waals surface area contributed by atoms with Crippen molar-refractivity contribution in [3.63, 3.8) is 0 Å². The van der Waals surface area contributed by atoms with Gasteiger partial charge in [0.1, 0.15) is 0 Å². The number of amides is 1. The van der Waals surface area contributed by atoms with Crippen LogP contribution in [0.1, 0.15) is 52.4 Å². The number of rotatable bonds is 3.